The van der Waals surface area contributed by atoms with E-state index in [-0.39, 0.29) is 12.0 Å². The van der Waals surface area contributed by atoms with Gasteiger partial charge in [-0.15, -0.1) is 0 Å². The molecule has 1 amide bonds. The highest BCUT2D eigenvalue weighted by Gasteiger charge is 2.22. The maximum atomic E-state index is 11.9. The molecule has 0 radical (unpaired) electrons. The largest absolute Gasteiger partial charge is 0.489 e. The Morgan fingerprint density at radius 2 is 1.88 bits per heavy atom. The number of fused-ring (bicyclic) bond motifs is 1. The van der Waals surface area contributed by atoms with Gasteiger partial charge in [-0.2, -0.15) is 0 Å². The predicted molar refractivity (Wildman–Crippen MR) is 102 cm³/mol. The van der Waals surface area contributed by atoms with Crippen LogP contribution < -0.4 is 15.4 Å². The van der Waals surface area contributed by atoms with Gasteiger partial charge in [-0.3, -0.25) is 9.78 Å². The second-order valence-corrected chi connectivity index (χ2v) is 7.36. The van der Waals surface area contributed by atoms with Gasteiger partial charge in [-0.25, -0.2) is 0 Å². The zero-order valence-electron chi connectivity index (χ0n) is 15.1. The minimum absolute atomic E-state index is 0.175. The van der Waals surface area contributed by atoms with E-state index in [1.165, 1.54) is 5.56 Å². The number of pyridine rings is 1. The first kappa shape index (κ1) is 17.0. The first-order valence-corrected chi connectivity index (χ1v) is 9.37. The average molecular weight is 351 g/mol. The summed E-state index contributed by atoms with van der Waals surface area (Å²) in [6.07, 6.45) is 9.29. The van der Waals surface area contributed by atoms with Crippen LogP contribution in [0.15, 0.2) is 36.7 Å². The fraction of sp³-hybridized carbons (Fsp3) is 0.429. The molecular formula is C21H25N3O2. The van der Waals surface area contributed by atoms with Crippen molar-refractivity contribution in [1.29, 1.82) is 0 Å². The summed E-state index contributed by atoms with van der Waals surface area (Å²) in [5.74, 6) is 0.988. The lowest BCUT2D eigenvalue weighted by molar-refractivity contribution is -0.118. The summed E-state index contributed by atoms with van der Waals surface area (Å²) in [6, 6.07) is 8.62. The van der Waals surface area contributed by atoms with Crippen LogP contribution in [-0.2, 0) is 11.2 Å². The van der Waals surface area contributed by atoms with Crippen LogP contribution in [0, 0.1) is 0 Å². The van der Waals surface area contributed by atoms with E-state index in [0.717, 1.165) is 54.7 Å². The van der Waals surface area contributed by atoms with E-state index in [9.17, 15) is 4.79 Å². The molecule has 5 nitrogen and oxygen atoms in total. The minimum atomic E-state index is 0.175. The summed E-state index contributed by atoms with van der Waals surface area (Å²) in [5.41, 5.74) is 10.3. The molecule has 1 aliphatic carbocycles. The topological polar surface area (TPSA) is 68.5 Å². The Labute approximate surface area is 154 Å². The molecule has 4 rings (SSSR count). The fourth-order valence-corrected chi connectivity index (χ4v) is 3.88. The van der Waals surface area contributed by atoms with Gasteiger partial charge in [0.25, 0.3) is 0 Å². The van der Waals surface area contributed by atoms with Crippen LogP contribution in [0.25, 0.3) is 11.1 Å². The minimum Gasteiger partial charge on any atom is -0.489 e. The molecule has 0 spiro atoms. The quantitative estimate of drug-likeness (QED) is 0.921. The van der Waals surface area contributed by atoms with Crippen molar-refractivity contribution < 1.29 is 9.53 Å². The molecule has 2 heterocycles. The van der Waals surface area contributed by atoms with Crippen molar-refractivity contribution in [3.8, 4) is 16.9 Å². The van der Waals surface area contributed by atoms with Gasteiger partial charge in [-0.1, -0.05) is 6.07 Å². The van der Waals surface area contributed by atoms with Crippen molar-refractivity contribution in [2.24, 2.45) is 5.73 Å². The second-order valence-electron chi connectivity index (χ2n) is 7.36. The van der Waals surface area contributed by atoms with E-state index in [2.05, 4.69) is 17.1 Å². The number of carbonyl (C=O) groups is 1. The number of amides is 1. The predicted octanol–water partition coefficient (Wildman–Crippen LogP) is 3.31. The van der Waals surface area contributed by atoms with Crippen molar-refractivity contribution >= 4 is 11.6 Å². The van der Waals surface area contributed by atoms with Crippen molar-refractivity contribution in [2.75, 3.05) is 11.9 Å². The standard InChI is InChI=1S/C21H25N3O2/c1-24-20-8-2-14(10-15(20)3-9-21(24)25)16-11-19(13-23-12-16)26-18-6-4-17(22)5-7-18/h2,8,10-13,17-18H,3-7,9,22H2,1H3/t17-,18-. The van der Waals surface area contributed by atoms with Crippen LogP contribution in [0.2, 0.25) is 0 Å². The van der Waals surface area contributed by atoms with E-state index in [0.29, 0.717) is 12.5 Å². The number of anilines is 1. The van der Waals surface area contributed by atoms with Crippen LogP contribution in [0.1, 0.15) is 37.7 Å². The first-order chi connectivity index (χ1) is 12.6. The number of nitrogens with two attached hydrogens (primary N) is 1. The number of aryl methyl sites for hydroxylation is 1. The number of benzene rings is 1. The van der Waals surface area contributed by atoms with Crippen molar-refractivity contribution in [3.05, 3.63) is 42.2 Å². The number of aromatic nitrogens is 1. The van der Waals surface area contributed by atoms with Crippen LogP contribution in [-0.4, -0.2) is 30.1 Å². The van der Waals surface area contributed by atoms with Crippen LogP contribution in [0.5, 0.6) is 5.75 Å². The van der Waals surface area contributed by atoms with E-state index >= 15 is 0 Å². The number of hydrogen-bond donors (Lipinski definition) is 1. The molecule has 0 unspecified atom stereocenters. The Balaban J connectivity index is 1.54. The first-order valence-electron chi connectivity index (χ1n) is 9.37. The summed E-state index contributed by atoms with van der Waals surface area (Å²) in [7, 11) is 1.84. The number of ether oxygens (including phenoxy) is 1. The maximum absolute atomic E-state index is 11.9. The Kier molecular flexibility index (Phi) is 4.64. The fourth-order valence-electron chi connectivity index (χ4n) is 3.88. The Morgan fingerprint density at radius 3 is 2.69 bits per heavy atom. The molecule has 0 saturated heterocycles. The maximum Gasteiger partial charge on any atom is 0.227 e. The van der Waals surface area contributed by atoms with Gasteiger partial charge in [0.2, 0.25) is 5.91 Å². The molecule has 1 aromatic carbocycles. The van der Waals surface area contributed by atoms with Crippen molar-refractivity contribution in [2.45, 2.75) is 50.7 Å². The lowest BCUT2D eigenvalue weighted by Gasteiger charge is -2.27. The third kappa shape index (κ3) is 3.44. The molecule has 2 N–H and O–H groups in total. The van der Waals surface area contributed by atoms with Gasteiger partial charge in [0.05, 0.1) is 12.3 Å². The van der Waals surface area contributed by atoms with E-state index < -0.39 is 0 Å². The summed E-state index contributed by atoms with van der Waals surface area (Å²) in [4.78, 5) is 18.0. The molecule has 1 aliphatic heterocycles. The summed E-state index contributed by atoms with van der Waals surface area (Å²) < 4.78 is 6.14. The van der Waals surface area contributed by atoms with Crippen LogP contribution in [0.4, 0.5) is 5.69 Å². The number of hydrogen-bond acceptors (Lipinski definition) is 4. The summed E-state index contributed by atoms with van der Waals surface area (Å²) in [6.45, 7) is 0. The molecule has 1 fully saturated rings. The monoisotopic (exact) mass is 351 g/mol. The molecule has 2 aromatic rings. The molecule has 136 valence electrons. The Bertz CT molecular complexity index is 813. The molecule has 0 atom stereocenters. The van der Waals surface area contributed by atoms with Gasteiger partial charge < -0.3 is 15.4 Å². The molecule has 1 saturated carbocycles. The summed E-state index contributed by atoms with van der Waals surface area (Å²) in [5, 5.41) is 0. The lowest BCUT2D eigenvalue weighted by atomic mass is 9.93. The summed E-state index contributed by atoms with van der Waals surface area (Å²) >= 11 is 0. The lowest BCUT2D eigenvalue weighted by Crippen LogP contribution is -2.31. The highest BCUT2D eigenvalue weighted by atomic mass is 16.5. The van der Waals surface area contributed by atoms with Crippen LogP contribution >= 0.6 is 0 Å². The molecule has 1 aromatic heterocycles. The second kappa shape index (κ2) is 7.08. The average Bonchev–Trinajstić information content (AvgIpc) is 2.67. The molecular weight excluding hydrogens is 326 g/mol. The smallest absolute Gasteiger partial charge is 0.227 e. The number of carbonyl (C=O) groups excluding carboxylic acids is 1. The normalized spacial score (nSPS) is 22.8. The van der Waals surface area contributed by atoms with Gasteiger partial charge in [-0.05, 0) is 61.4 Å². The highest BCUT2D eigenvalue weighted by molar-refractivity contribution is 5.96. The molecule has 5 heteroatoms. The molecule has 26 heavy (non-hydrogen) atoms. The SMILES string of the molecule is CN1C(=O)CCc2cc(-c3cncc(O[C@H]4CC[C@H](N)CC4)c3)ccc21. The van der Waals surface area contributed by atoms with Gasteiger partial charge in [0.1, 0.15) is 5.75 Å². The van der Waals surface area contributed by atoms with Crippen LogP contribution in [0.3, 0.4) is 0 Å². The highest BCUT2D eigenvalue weighted by Crippen LogP contribution is 2.32. The van der Waals surface area contributed by atoms with Crippen molar-refractivity contribution in [1.82, 2.24) is 4.98 Å². The Morgan fingerprint density at radius 1 is 1.08 bits per heavy atom. The molecule has 2 aliphatic rings. The van der Waals surface area contributed by atoms with E-state index in [1.54, 1.807) is 11.1 Å². The third-order valence-electron chi connectivity index (χ3n) is 5.49. The third-order valence-corrected chi connectivity index (χ3v) is 5.49. The van der Waals surface area contributed by atoms with Gasteiger partial charge >= 0.3 is 0 Å². The van der Waals surface area contributed by atoms with Gasteiger partial charge in [0.15, 0.2) is 0 Å². The van der Waals surface area contributed by atoms with E-state index in [4.69, 9.17) is 10.5 Å². The number of rotatable bonds is 3. The van der Waals surface area contributed by atoms with Gasteiger partial charge in [0, 0.05) is 37.0 Å². The number of nitrogens with zero attached hydrogens (tertiary/aromatic N) is 2. The van der Waals surface area contributed by atoms with E-state index in [1.807, 2.05) is 25.4 Å². The zero-order chi connectivity index (χ0) is 18.1. The van der Waals surface area contributed by atoms with Crippen molar-refractivity contribution in [3.63, 3.8) is 0 Å². The zero-order valence-corrected chi connectivity index (χ0v) is 15.1. The molecule has 0 bridgehead atoms. The Hall–Kier alpha value is -2.40.